The van der Waals surface area contributed by atoms with Crippen molar-refractivity contribution in [2.75, 3.05) is 13.3 Å². The highest BCUT2D eigenvalue weighted by atomic mass is 35.5. The van der Waals surface area contributed by atoms with Gasteiger partial charge in [0, 0.05) is 30.0 Å². The molecule has 4 N–H and O–H groups in total. The molecule has 0 aliphatic heterocycles. The van der Waals surface area contributed by atoms with Gasteiger partial charge < -0.3 is 26.0 Å². The largest absolute Gasteiger partial charge is 0.494 e. The molecule has 0 radical (unpaired) electrons. The van der Waals surface area contributed by atoms with Crippen molar-refractivity contribution in [3.63, 3.8) is 0 Å². The fourth-order valence-corrected chi connectivity index (χ4v) is 5.01. The van der Waals surface area contributed by atoms with E-state index in [1.165, 1.54) is 4.90 Å². The zero-order valence-corrected chi connectivity index (χ0v) is 25.4. The van der Waals surface area contributed by atoms with E-state index >= 15 is 0 Å². The summed E-state index contributed by atoms with van der Waals surface area (Å²) >= 11 is 6.17. The highest BCUT2D eigenvalue weighted by molar-refractivity contribution is 6.30. The molecule has 0 bridgehead atoms. The number of ether oxygens (including phenoxy) is 1. The van der Waals surface area contributed by atoms with Gasteiger partial charge >= 0.3 is 0 Å². The average molecular weight is 613 g/mol. The van der Waals surface area contributed by atoms with Gasteiger partial charge in [-0.15, -0.1) is 0 Å². The van der Waals surface area contributed by atoms with Crippen LogP contribution in [0.1, 0.15) is 34.0 Å². The summed E-state index contributed by atoms with van der Waals surface area (Å²) in [7, 11) is 0. The Hall–Kier alpha value is -4.66. The predicted octanol–water partition coefficient (Wildman–Crippen LogP) is 4.75. The lowest BCUT2D eigenvalue weighted by molar-refractivity contribution is -0.137. The maximum atomic E-state index is 13.9. The molecule has 44 heavy (non-hydrogen) atoms. The van der Waals surface area contributed by atoms with Gasteiger partial charge in [-0.1, -0.05) is 84.4 Å². The first-order valence-corrected chi connectivity index (χ1v) is 14.9. The monoisotopic (exact) mass is 612 g/mol. The molecule has 0 aliphatic carbocycles. The number of nitrogens with zero attached hydrogens (tertiary/aromatic N) is 1. The molecule has 9 heteroatoms. The number of hydrogen-bond acceptors (Lipinski definition) is 5. The van der Waals surface area contributed by atoms with E-state index < -0.39 is 23.9 Å². The second-order valence-electron chi connectivity index (χ2n) is 10.3. The minimum absolute atomic E-state index is 0.0626. The third-order valence-corrected chi connectivity index (χ3v) is 7.26. The number of hydrogen-bond donors (Lipinski definition) is 3. The summed E-state index contributed by atoms with van der Waals surface area (Å²) in [5, 5.41) is 6.36. The van der Waals surface area contributed by atoms with Crippen LogP contribution in [0, 0.1) is 0 Å². The van der Waals surface area contributed by atoms with Crippen LogP contribution in [-0.2, 0) is 29.0 Å². The van der Waals surface area contributed by atoms with Crippen LogP contribution in [0.5, 0.6) is 5.75 Å². The number of carbonyl (C=O) groups excluding carboxylic acids is 3. The second kappa shape index (κ2) is 16.3. The Morgan fingerprint density at radius 1 is 0.773 bits per heavy atom. The number of benzene rings is 4. The maximum Gasteiger partial charge on any atom is 0.251 e. The van der Waals surface area contributed by atoms with Crippen molar-refractivity contribution >= 4 is 29.3 Å². The molecule has 2 atom stereocenters. The molecule has 0 saturated carbocycles. The number of amides is 3. The van der Waals surface area contributed by atoms with Crippen LogP contribution in [0.25, 0.3) is 0 Å². The summed E-state index contributed by atoms with van der Waals surface area (Å²) in [5.74, 6) is -0.524. The molecule has 8 nitrogen and oxygen atoms in total. The molecule has 0 aliphatic rings. The first-order valence-electron chi connectivity index (χ1n) is 14.5. The van der Waals surface area contributed by atoms with Gasteiger partial charge in [-0.2, -0.15) is 0 Å². The van der Waals surface area contributed by atoms with Gasteiger partial charge in [0.2, 0.25) is 11.8 Å². The van der Waals surface area contributed by atoms with Crippen molar-refractivity contribution in [3.8, 4) is 5.75 Å². The lowest BCUT2D eigenvalue weighted by atomic mass is 10.0. The number of nitrogens with two attached hydrogens (primary N) is 1. The van der Waals surface area contributed by atoms with E-state index in [0.717, 1.165) is 16.7 Å². The van der Waals surface area contributed by atoms with Crippen LogP contribution < -0.4 is 21.1 Å². The Morgan fingerprint density at radius 3 is 2.02 bits per heavy atom. The molecule has 0 heterocycles. The first-order chi connectivity index (χ1) is 21.4. The van der Waals surface area contributed by atoms with Gasteiger partial charge in [0.1, 0.15) is 17.8 Å². The molecule has 0 fully saturated rings. The van der Waals surface area contributed by atoms with Gasteiger partial charge in [0.25, 0.3) is 5.91 Å². The van der Waals surface area contributed by atoms with Crippen molar-refractivity contribution in [1.29, 1.82) is 0 Å². The molecule has 0 unspecified atom stereocenters. The van der Waals surface area contributed by atoms with Crippen LogP contribution >= 0.6 is 11.6 Å². The van der Waals surface area contributed by atoms with Crippen LogP contribution in [0.2, 0.25) is 5.02 Å². The lowest BCUT2D eigenvalue weighted by Crippen LogP contribution is -2.56. The van der Waals surface area contributed by atoms with Crippen molar-refractivity contribution in [2.24, 2.45) is 5.73 Å². The van der Waals surface area contributed by atoms with Gasteiger partial charge in [0.05, 0.1) is 13.3 Å². The Morgan fingerprint density at radius 2 is 1.39 bits per heavy atom. The van der Waals surface area contributed by atoms with Gasteiger partial charge in [0.15, 0.2) is 0 Å². The van der Waals surface area contributed by atoms with Gasteiger partial charge in [-0.05, 0) is 60.0 Å². The van der Waals surface area contributed by atoms with E-state index in [0.29, 0.717) is 22.9 Å². The molecular weight excluding hydrogens is 576 g/mol. The van der Waals surface area contributed by atoms with Gasteiger partial charge in [-0.3, -0.25) is 14.4 Å². The Labute approximate surface area is 263 Å². The smallest absolute Gasteiger partial charge is 0.251 e. The minimum atomic E-state index is -0.967. The molecule has 0 spiro atoms. The van der Waals surface area contributed by atoms with E-state index in [1.54, 1.807) is 42.5 Å². The molecule has 3 amide bonds. The third kappa shape index (κ3) is 9.42. The van der Waals surface area contributed by atoms with Crippen molar-refractivity contribution in [1.82, 2.24) is 15.5 Å². The van der Waals surface area contributed by atoms with E-state index in [2.05, 4.69) is 10.6 Å². The third-order valence-electron chi connectivity index (χ3n) is 7.02. The second-order valence-corrected chi connectivity index (χ2v) is 10.7. The highest BCUT2D eigenvalue weighted by Gasteiger charge is 2.30. The van der Waals surface area contributed by atoms with E-state index in [4.69, 9.17) is 22.1 Å². The van der Waals surface area contributed by atoms with E-state index in [9.17, 15) is 14.4 Å². The molecule has 0 saturated heterocycles. The van der Waals surface area contributed by atoms with Crippen LogP contribution in [0.4, 0.5) is 0 Å². The Balaban J connectivity index is 1.59. The van der Waals surface area contributed by atoms with Crippen molar-refractivity contribution in [2.45, 2.75) is 38.4 Å². The molecule has 0 aromatic heterocycles. The van der Waals surface area contributed by atoms with Gasteiger partial charge in [-0.25, -0.2) is 0 Å². The van der Waals surface area contributed by atoms with Crippen molar-refractivity contribution < 1.29 is 19.1 Å². The predicted molar refractivity (Wildman–Crippen MR) is 172 cm³/mol. The fourth-order valence-electron chi connectivity index (χ4n) is 4.80. The highest BCUT2D eigenvalue weighted by Crippen LogP contribution is 2.16. The summed E-state index contributed by atoms with van der Waals surface area (Å²) in [5.41, 5.74) is 8.95. The number of halogens is 1. The van der Waals surface area contributed by atoms with Crippen LogP contribution in [-0.4, -0.2) is 48.0 Å². The average Bonchev–Trinajstić information content (AvgIpc) is 3.04. The molecule has 4 aromatic rings. The van der Waals surface area contributed by atoms with E-state index in [-0.39, 0.29) is 32.0 Å². The lowest BCUT2D eigenvalue weighted by Gasteiger charge is -2.28. The summed E-state index contributed by atoms with van der Waals surface area (Å²) in [6, 6.07) is 30.7. The fraction of sp³-hybridized carbons (Fsp3) is 0.229. The summed E-state index contributed by atoms with van der Waals surface area (Å²) < 4.78 is 5.54. The zero-order valence-electron chi connectivity index (χ0n) is 24.6. The summed E-state index contributed by atoms with van der Waals surface area (Å²) in [6.07, 6.45) is 0.437. The number of rotatable bonds is 14. The van der Waals surface area contributed by atoms with Crippen molar-refractivity contribution in [3.05, 3.63) is 136 Å². The molecule has 4 rings (SSSR count). The Bertz CT molecular complexity index is 1520. The maximum absolute atomic E-state index is 13.9. The number of carbonyl (C=O) groups is 3. The zero-order chi connectivity index (χ0) is 31.3. The summed E-state index contributed by atoms with van der Waals surface area (Å²) in [4.78, 5) is 42.5. The molecular formula is C35H37ClN4O4. The topological polar surface area (TPSA) is 114 Å². The quantitative estimate of drug-likeness (QED) is 0.178. The normalized spacial score (nSPS) is 12.1. The van der Waals surface area contributed by atoms with Crippen LogP contribution in [0.15, 0.2) is 109 Å². The molecule has 228 valence electrons. The first kappa shape index (κ1) is 32.3. The number of nitrogens with one attached hydrogen (secondary N) is 2. The SMILES string of the molecule is CCOc1ccc(C[C@@H](NC(=O)c2ccccc2)C(=O)N[C@@H](Cc2ccccc2)C(=O)N(CN)Cc2cccc(Cl)c2)cc1. The minimum Gasteiger partial charge on any atom is -0.494 e. The molecule has 4 aromatic carbocycles. The van der Waals surface area contributed by atoms with E-state index in [1.807, 2.05) is 73.7 Å². The van der Waals surface area contributed by atoms with Crippen LogP contribution in [0.3, 0.4) is 0 Å². The Kier molecular flexibility index (Phi) is 11.9. The standard InChI is InChI=1S/C35H37ClN4O4/c1-2-44-30-18-16-26(17-19-30)21-31(38-33(41)28-13-7-4-8-14-28)34(42)39-32(22-25-10-5-3-6-11-25)35(43)40(24-37)23-27-12-9-15-29(36)20-27/h3-20,31-32H,2,21-24,37H2,1H3,(H,38,41)(H,39,42)/t31-,32+/m1/s1. The summed E-state index contributed by atoms with van der Waals surface area (Å²) in [6.45, 7) is 2.59.